The van der Waals surface area contributed by atoms with E-state index in [4.69, 9.17) is 11.6 Å². The van der Waals surface area contributed by atoms with Gasteiger partial charge < -0.3 is 0 Å². The number of sulfonamides is 1. The third-order valence-electron chi connectivity index (χ3n) is 4.82. The molecule has 1 aromatic carbocycles. The molecule has 1 aliphatic carbocycles. The van der Waals surface area contributed by atoms with Crippen LogP contribution in [-0.2, 0) is 10.0 Å². The molecule has 0 spiro atoms. The number of halogens is 1. The lowest BCUT2D eigenvalue weighted by molar-refractivity contribution is 0.260. The second-order valence-electron chi connectivity index (χ2n) is 6.42. The molecule has 2 fully saturated rings. The molecule has 1 heterocycles. The van der Waals surface area contributed by atoms with Crippen LogP contribution in [0.25, 0.3) is 0 Å². The molecule has 1 saturated carbocycles. The summed E-state index contributed by atoms with van der Waals surface area (Å²) in [5.74, 6) is 0.175. The molecule has 0 amide bonds. The lowest BCUT2D eigenvalue weighted by Crippen LogP contribution is -2.50. The molecule has 118 valence electrons. The molecule has 0 aromatic heterocycles. The predicted molar refractivity (Wildman–Crippen MR) is 86.1 cm³/mol. The molecule has 1 aliphatic heterocycles. The summed E-state index contributed by atoms with van der Waals surface area (Å²) in [6.07, 6.45) is 3.31. The van der Waals surface area contributed by atoms with Crippen molar-refractivity contribution in [1.29, 1.82) is 5.26 Å². The van der Waals surface area contributed by atoms with Gasteiger partial charge >= 0.3 is 0 Å². The maximum Gasteiger partial charge on any atom is 0.215 e. The van der Waals surface area contributed by atoms with E-state index in [-0.39, 0.29) is 11.7 Å². The highest BCUT2D eigenvalue weighted by Gasteiger charge is 2.44. The molecule has 6 heteroatoms. The Kier molecular flexibility index (Phi) is 4.19. The molecule has 0 N–H and O–H groups in total. The highest BCUT2D eigenvalue weighted by atomic mass is 35.5. The van der Waals surface area contributed by atoms with E-state index in [2.05, 4.69) is 6.07 Å². The van der Waals surface area contributed by atoms with Gasteiger partial charge in [-0.05, 0) is 30.5 Å². The molecule has 4 nitrogen and oxygen atoms in total. The van der Waals surface area contributed by atoms with Crippen LogP contribution in [0.1, 0.15) is 37.2 Å². The van der Waals surface area contributed by atoms with Gasteiger partial charge in [-0.3, -0.25) is 0 Å². The molecule has 3 rings (SSSR count). The molecule has 1 aromatic rings. The SMILES string of the molecule is N#CC1(CS(=O)(=O)N2CC(c3cccc(Cl)c3)C2)CCCC1. The summed E-state index contributed by atoms with van der Waals surface area (Å²) in [6, 6.07) is 9.84. The number of benzene rings is 1. The van der Waals surface area contributed by atoms with Crippen LogP contribution in [0.15, 0.2) is 24.3 Å². The first kappa shape index (κ1) is 15.8. The zero-order valence-corrected chi connectivity index (χ0v) is 13.9. The molecular weight excluding hydrogens is 320 g/mol. The lowest BCUT2D eigenvalue weighted by atomic mass is 9.91. The van der Waals surface area contributed by atoms with Gasteiger partial charge in [0.25, 0.3) is 0 Å². The van der Waals surface area contributed by atoms with Gasteiger partial charge in [0.2, 0.25) is 10.0 Å². The van der Waals surface area contributed by atoms with Crippen LogP contribution in [0.2, 0.25) is 5.02 Å². The number of nitrogens with zero attached hydrogens (tertiary/aromatic N) is 2. The van der Waals surface area contributed by atoms with E-state index in [0.29, 0.717) is 31.0 Å². The number of hydrogen-bond acceptors (Lipinski definition) is 3. The summed E-state index contributed by atoms with van der Waals surface area (Å²) < 4.78 is 26.6. The Morgan fingerprint density at radius 1 is 1.32 bits per heavy atom. The van der Waals surface area contributed by atoms with E-state index in [1.807, 2.05) is 24.3 Å². The number of hydrogen-bond donors (Lipinski definition) is 0. The first-order chi connectivity index (χ1) is 10.4. The van der Waals surface area contributed by atoms with E-state index < -0.39 is 15.4 Å². The van der Waals surface area contributed by atoms with Crippen LogP contribution in [-0.4, -0.2) is 31.6 Å². The van der Waals surface area contributed by atoms with Gasteiger partial charge in [-0.2, -0.15) is 5.26 Å². The minimum atomic E-state index is -3.35. The Hall–Kier alpha value is -1.09. The number of nitriles is 1. The average Bonchev–Trinajstić information content (AvgIpc) is 2.85. The molecule has 0 unspecified atom stereocenters. The smallest absolute Gasteiger partial charge is 0.212 e. The highest BCUT2D eigenvalue weighted by Crippen LogP contribution is 2.40. The molecule has 1 saturated heterocycles. The largest absolute Gasteiger partial charge is 0.215 e. The maximum absolute atomic E-state index is 12.5. The van der Waals surface area contributed by atoms with Gasteiger partial charge in [0, 0.05) is 24.0 Å². The average molecular weight is 339 g/mol. The summed E-state index contributed by atoms with van der Waals surface area (Å²) in [7, 11) is -3.35. The Labute approximate surface area is 136 Å². The minimum absolute atomic E-state index is 0.0290. The van der Waals surface area contributed by atoms with E-state index in [0.717, 1.165) is 18.4 Å². The second kappa shape index (κ2) is 5.84. The van der Waals surface area contributed by atoms with E-state index in [1.54, 1.807) is 0 Å². The molecule has 0 radical (unpaired) electrons. The topological polar surface area (TPSA) is 61.2 Å². The zero-order chi connectivity index (χ0) is 15.8. The highest BCUT2D eigenvalue weighted by molar-refractivity contribution is 7.89. The van der Waals surface area contributed by atoms with E-state index in [9.17, 15) is 13.7 Å². The van der Waals surface area contributed by atoms with Gasteiger partial charge in [0.1, 0.15) is 0 Å². The fourth-order valence-corrected chi connectivity index (χ4v) is 5.66. The monoisotopic (exact) mass is 338 g/mol. The van der Waals surface area contributed by atoms with Crippen molar-refractivity contribution in [3.8, 4) is 6.07 Å². The summed E-state index contributed by atoms with van der Waals surface area (Å²) in [5.41, 5.74) is 0.412. The van der Waals surface area contributed by atoms with Gasteiger partial charge in [-0.15, -0.1) is 0 Å². The Morgan fingerprint density at radius 2 is 2.00 bits per heavy atom. The minimum Gasteiger partial charge on any atom is -0.212 e. The third-order valence-corrected chi connectivity index (χ3v) is 7.06. The van der Waals surface area contributed by atoms with Crippen molar-refractivity contribution in [3.63, 3.8) is 0 Å². The van der Waals surface area contributed by atoms with Crippen LogP contribution in [0.4, 0.5) is 0 Å². The maximum atomic E-state index is 12.5. The molecule has 0 bridgehead atoms. The van der Waals surface area contributed by atoms with Crippen molar-refractivity contribution in [2.45, 2.75) is 31.6 Å². The summed E-state index contributed by atoms with van der Waals surface area (Å²) in [6.45, 7) is 0.981. The van der Waals surface area contributed by atoms with Crippen LogP contribution < -0.4 is 0 Å². The van der Waals surface area contributed by atoms with Crippen molar-refractivity contribution in [3.05, 3.63) is 34.9 Å². The zero-order valence-electron chi connectivity index (χ0n) is 12.3. The summed E-state index contributed by atoms with van der Waals surface area (Å²) in [5, 5.41) is 10.0. The molecular formula is C16H19ClN2O2S. The standard InChI is InChI=1S/C16H19ClN2O2S/c17-15-5-3-4-13(8-15)14-9-19(10-14)22(20,21)12-16(11-18)6-1-2-7-16/h3-5,8,14H,1-2,6-7,9-10,12H2. The van der Waals surface area contributed by atoms with Crippen LogP contribution >= 0.6 is 11.6 Å². The lowest BCUT2D eigenvalue weighted by Gasteiger charge is -2.39. The molecule has 0 atom stereocenters. The van der Waals surface area contributed by atoms with E-state index in [1.165, 1.54) is 4.31 Å². The van der Waals surface area contributed by atoms with Crippen molar-refractivity contribution in [1.82, 2.24) is 4.31 Å². The number of rotatable bonds is 4. The van der Waals surface area contributed by atoms with Crippen molar-refractivity contribution < 1.29 is 8.42 Å². The van der Waals surface area contributed by atoms with Crippen LogP contribution in [0.3, 0.4) is 0 Å². The Morgan fingerprint density at radius 3 is 2.59 bits per heavy atom. The van der Waals surface area contributed by atoms with Gasteiger partial charge in [-0.25, -0.2) is 12.7 Å². The van der Waals surface area contributed by atoms with Gasteiger partial charge in [-0.1, -0.05) is 36.6 Å². The van der Waals surface area contributed by atoms with Crippen molar-refractivity contribution >= 4 is 21.6 Å². The molecule has 22 heavy (non-hydrogen) atoms. The quantitative estimate of drug-likeness (QED) is 0.847. The van der Waals surface area contributed by atoms with Crippen LogP contribution in [0.5, 0.6) is 0 Å². The Bertz CT molecular complexity index is 699. The second-order valence-corrected chi connectivity index (χ2v) is 8.83. The van der Waals surface area contributed by atoms with E-state index >= 15 is 0 Å². The first-order valence-corrected chi connectivity index (χ1v) is 9.57. The normalized spacial score (nSPS) is 22.2. The van der Waals surface area contributed by atoms with Gasteiger partial charge in [0.15, 0.2) is 0 Å². The first-order valence-electron chi connectivity index (χ1n) is 7.59. The third kappa shape index (κ3) is 3.01. The predicted octanol–water partition coefficient (Wildman–Crippen LogP) is 3.15. The van der Waals surface area contributed by atoms with Crippen molar-refractivity contribution in [2.75, 3.05) is 18.8 Å². The summed E-state index contributed by atoms with van der Waals surface area (Å²) >= 11 is 5.98. The molecule has 2 aliphatic rings. The van der Waals surface area contributed by atoms with Crippen molar-refractivity contribution in [2.24, 2.45) is 5.41 Å². The fraction of sp³-hybridized carbons (Fsp3) is 0.562. The fourth-order valence-electron chi connectivity index (χ4n) is 3.42. The Balaban J connectivity index is 1.65. The van der Waals surface area contributed by atoms with Gasteiger partial charge in [0.05, 0.1) is 17.2 Å². The van der Waals surface area contributed by atoms with Crippen LogP contribution in [0, 0.1) is 16.7 Å². The summed E-state index contributed by atoms with van der Waals surface area (Å²) in [4.78, 5) is 0.